The van der Waals surface area contributed by atoms with Gasteiger partial charge >= 0.3 is 0 Å². The maximum atomic E-state index is 13.7. The molecule has 1 heterocycles. The quantitative estimate of drug-likeness (QED) is 0.701. The Morgan fingerprint density at radius 1 is 0.893 bits per heavy atom. The molecule has 6 nitrogen and oxygen atoms in total. The largest absolute Gasteiger partial charge is 0.497 e. The molecule has 0 radical (unpaired) electrons. The topological polar surface area (TPSA) is 80.3 Å². The van der Waals surface area contributed by atoms with Gasteiger partial charge < -0.3 is 15.4 Å². The lowest BCUT2D eigenvalue weighted by Gasteiger charge is -2.09. The second kappa shape index (κ2) is 8.26. The van der Waals surface area contributed by atoms with Crippen LogP contribution in [0, 0.1) is 11.6 Å². The normalized spacial score (nSPS) is 10.2. The van der Waals surface area contributed by atoms with Crippen LogP contribution >= 0.6 is 0 Å². The highest BCUT2D eigenvalue weighted by Crippen LogP contribution is 2.18. The Labute approximate surface area is 159 Å². The van der Waals surface area contributed by atoms with E-state index >= 15 is 0 Å². The summed E-state index contributed by atoms with van der Waals surface area (Å²) < 4.78 is 31.7. The molecule has 0 aliphatic carbocycles. The molecular formula is C20H15F2N3O3. The Balaban J connectivity index is 1.75. The molecule has 2 N–H and O–H groups in total. The molecule has 0 aliphatic heterocycles. The van der Waals surface area contributed by atoms with Crippen molar-refractivity contribution in [2.24, 2.45) is 0 Å². The van der Waals surface area contributed by atoms with E-state index in [0.717, 1.165) is 12.1 Å². The Morgan fingerprint density at radius 3 is 2.25 bits per heavy atom. The summed E-state index contributed by atoms with van der Waals surface area (Å²) in [6.07, 6.45) is 0. The van der Waals surface area contributed by atoms with E-state index in [1.54, 1.807) is 24.3 Å². The van der Waals surface area contributed by atoms with Crippen molar-refractivity contribution in [2.45, 2.75) is 0 Å². The fourth-order valence-electron chi connectivity index (χ4n) is 2.36. The molecule has 0 fully saturated rings. The van der Waals surface area contributed by atoms with E-state index in [1.807, 2.05) is 0 Å². The molecule has 28 heavy (non-hydrogen) atoms. The summed E-state index contributed by atoms with van der Waals surface area (Å²) in [7, 11) is 1.51. The average molecular weight is 383 g/mol. The molecule has 0 saturated carbocycles. The first-order valence-corrected chi connectivity index (χ1v) is 8.15. The van der Waals surface area contributed by atoms with Gasteiger partial charge in [-0.3, -0.25) is 9.59 Å². The summed E-state index contributed by atoms with van der Waals surface area (Å²) in [4.78, 5) is 28.7. The second-order valence-electron chi connectivity index (χ2n) is 5.67. The van der Waals surface area contributed by atoms with Gasteiger partial charge in [-0.05, 0) is 36.4 Å². The lowest BCUT2D eigenvalue weighted by atomic mass is 10.2. The van der Waals surface area contributed by atoms with Gasteiger partial charge in [0, 0.05) is 17.8 Å². The number of nitrogens with one attached hydrogen (secondary N) is 2. The molecule has 0 atom stereocenters. The van der Waals surface area contributed by atoms with Crippen LogP contribution in [0.25, 0.3) is 0 Å². The minimum Gasteiger partial charge on any atom is -0.497 e. The molecule has 142 valence electrons. The van der Waals surface area contributed by atoms with Gasteiger partial charge in [0.15, 0.2) is 0 Å². The van der Waals surface area contributed by atoms with Crippen molar-refractivity contribution in [3.63, 3.8) is 0 Å². The Kier molecular flexibility index (Phi) is 5.59. The molecule has 0 aliphatic rings. The molecule has 0 unspecified atom stereocenters. The van der Waals surface area contributed by atoms with Crippen LogP contribution in [0.5, 0.6) is 5.75 Å². The SMILES string of the molecule is COc1cccc(NC(=O)c2cccc(C(=O)Nc3ccc(F)cc3F)n2)c1. The van der Waals surface area contributed by atoms with Gasteiger partial charge in [0.05, 0.1) is 12.8 Å². The van der Waals surface area contributed by atoms with Crippen LogP contribution in [0.4, 0.5) is 20.2 Å². The number of halogens is 2. The van der Waals surface area contributed by atoms with Crippen LogP contribution in [-0.2, 0) is 0 Å². The van der Waals surface area contributed by atoms with E-state index in [4.69, 9.17) is 4.74 Å². The van der Waals surface area contributed by atoms with E-state index in [-0.39, 0.29) is 17.1 Å². The van der Waals surface area contributed by atoms with Crippen molar-refractivity contribution < 1.29 is 23.1 Å². The number of nitrogens with zero attached hydrogens (tertiary/aromatic N) is 1. The van der Waals surface area contributed by atoms with Crippen molar-refractivity contribution in [3.05, 3.63) is 83.7 Å². The third kappa shape index (κ3) is 4.47. The molecule has 3 rings (SSSR count). The van der Waals surface area contributed by atoms with Crippen molar-refractivity contribution >= 4 is 23.2 Å². The van der Waals surface area contributed by atoms with Crippen LogP contribution < -0.4 is 15.4 Å². The highest BCUT2D eigenvalue weighted by Gasteiger charge is 2.15. The van der Waals surface area contributed by atoms with Crippen LogP contribution in [0.15, 0.2) is 60.7 Å². The number of methoxy groups -OCH3 is 1. The van der Waals surface area contributed by atoms with Gasteiger partial charge in [-0.2, -0.15) is 0 Å². The first kappa shape index (κ1) is 19.0. The third-order valence-corrected chi connectivity index (χ3v) is 3.72. The summed E-state index contributed by atoms with van der Waals surface area (Å²) >= 11 is 0. The number of amides is 2. The Bertz CT molecular complexity index is 1040. The Hall–Kier alpha value is -3.81. The Morgan fingerprint density at radius 2 is 1.57 bits per heavy atom. The van der Waals surface area contributed by atoms with Crippen LogP contribution in [0.1, 0.15) is 21.0 Å². The number of benzene rings is 2. The number of pyridine rings is 1. The minimum atomic E-state index is -0.916. The maximum Gasteiger partial charge on any atom is 0.274 e. The summed E-state index contributed by atoms with van der Waals surface area (Å²) in [6.45, 7) is 0. The first-order chi connectivity index (χ1) is 13.5. The number of rotatable bonds is 5. The molecule has 0 saturated heterocycles. The summed E-state index contributed by atoms with van der Waals surface area (Å²) in [5.74, 6) is -2.37. The average Bonchev–Trinajstić information content (AvgIpc) is 2.70. The number of carbonyl (C=O) groups is 2. The molecule has 2 amide bonds. The predicted octanol–water partition coefficient (Wildman–Crippen LogP) is 3.87. The maximum absolute atomic E-state index is 13.7. The molecule has 3 aromatic rings. The summed E-state index contributed by atoms with van der Waals surface area (Å²) in [5.41, 5.74) is 0.200. The molecule has 2 aromatic carbocycles. The van der Waals surface area contributed by atoms with Crippen molar-refractivity contribution in [3.8, 4) is 5.75 Å². The van der Waals surface area contributed by atoms with Gasteiger partial charge in [0.25, 0.3) is 11.8 Å². The van der Waals surface area contributed by atoms with Crippen LogP contribution in [-0.4, -0.2) is 23.9 Å². The molecule has 1 aromatic heterocycles. The zero-order valence-corrected chi connectivity index (χ0v) is 14.7. The predicted molar refractivity (Wildman–Crippen MR) is 99.5 cm³/mol. The number of anilines is 2. The highest BCUT2D eigenvalue weighted by molar-refractivity contribution is 6.06. The van der Waals surface area contributed by atoms with Crippen molar-refractivity contribution in [2.75, 3.05) is 17.7 Å². The van der Waals surface area contributed by atoms with Crippen molar-refractivity contribution in [1.82, 2.24) is 4.98 Å². The standard InChI is InChI=1S/C20H15F2N3O3/c1-28-14-5-2-4-13(11-14)23-19(26)17-6-3-7-18(24-17)20(27)25-16-9-8-12(21)10-15(16)22/h2-11H,1H3,(H,23,26)(H,25,27). The van der Waals surface area contributed by atoms with E-state index in [9.17, 15) is 18.4 Å². The van der Waals surface area contributed by atoms with Crippen molar-refractivity contribution in [1.29, 1.82) is 0 Å². The summed E-state index contributed by atoms with van der Waals surface area (Å²) in [6, 6.07) is 13.8. The number of aromatic nitrogens is 1. The minimum absolute atomic E-state index is 0.00459. The van der Waals surface area contributed by atoms with Gasteiger partial charge in [-0.25, -0.2) is 13.8 Å². The second-order valence-corrected chi connectivity index (χ2v) is 5.67. The number of hydrogen-bond donors (Lipinski definition) is 2. The fraction of sp³-hybridized carbons (Fsp3) is 0.0500. The fourth-order valence-corrected chi connectivity index (χ4v) is 2.36. The molecular weight excluding hydrogens is 368 g/mol. The molecule has 0 bridgehead atoms. The van der Waals surface area contributed by atoms with Gasteiger partial charge in [0.1, 0.15) is 28.8 Å². The van der Waals surface area contributed by atoms with Crippen LogP contribution in [0.3, 0.4) is 0 Å². The van der Waals surface area contributed by atoms with E-state index in [0.29, 0.717) is 17.5 Å². The molecule has 0 spiro atoms. The van der Waals surface area contributed by atoms with Crippen LogP contribution in [0.2, 0.25) is 0 Å². The van der Waals surface area contributed by atoms with Gasteiger partial charge in [-0.1, -0.05) is 12.1 Å². The first-order valence-electron chi connectivity index (χ1n) is 8.15. The van der Waals surface area contributed by atoms with E-state index < -0.39 is 23.4 Å². The zero-order valence-electron chi connectivity index (χ0n) is 14.7. The van der Waals surface area contributed by atoms with E-state index in [1.165, 1.54) is 25.3 Å². The lowest BCUT2D eigenvalue weighted by Crippen LogP contribution is -2.19. The number of carbonyl (C=O) groups excluding carboxylic acids is 2. The van der Waals surface area contributed by atoms with Gasteiger partial charge in [0.2, 0.25) is 0 Å². The summed E-state index contributed by atoms with van der Waals surface area (Å²) in [5, 5.41) is 4.94. The van der Waals surface area contributed by atoms with Gasteiger partial charge in [-0.15, -0.1) is 0 Å². The van der Waals surface area contributed by atoms with E-state index in [2.05, 4.69) is 15.6 Å². The monoisotopic (exact) mass is 383 g/mol. The number of hydrogen-bond acceptors (Lipinski definition) is 4. The third-order valence-electron chi connectivity index (χ3n) is 3.72. The smallest absolute Gasteiger partial charge is 0.274 e. The number of ether oxygens (including phenoxy) is 1. The lowest BCUT2D eigenvalue weighted by molar-refractivity contribution is 0.101. The highest BCUT2D eigenvalue weighted by atomic mass is 19.1. The molecule has 8 heteroatoms. The zero-order chi connectivity index (χ0) is 20.1.